The lowest BCUT2D eigenvalue weighted by Gasteiger charge is -2.38. The van der Waals surface area contributed by atoms with E-state index in [1.807, 2.05) is 12.1 Å². The minimum Gasteiger partial charge on any atom is -0.294 e. The van der Waals surface area contributed by atoms with Gasteiger partial charge in [0.15, 0.2) is 0 Å². The van der Waals surface area contributed by atoms with Gasteiger partial charge in [0.05, 0.1) is 12.1 Å². The van der Waals surface area contributed by atoms with Crippen LogP contribution in [0.4, 0.5) is 0 Å². The first-order valence-corrected chi connectivity index (χ1v) is 6.72. The quantitative estimate of drug-likeness (QED) is 0.719. The molecule has 3 atom stereocenters. The standard InChI is InChI=1S/C14H17N3O2/c1-8-2-4-9(5-3-8)12-10(6-15)13(18)17-14(19)11(12)7-16/h8-12H,2-5H2,1H3,(H,17,18,19)/t8?,9?,10-,11+,12?. The van der Waals surface area contributed by atoms with Crippen LogP contribution in [-0.2, 0) is 9.59 Å². The highest BCUT2D eigenvalue weighted by molar-refractivity contribution is 6.02. The lowest BCUT2D eigenvalue weighted by atomic mass is 9.65. The summed E-state index contributed by atoms with van der Waals surface area (Å²) in [5.74, 6) is -2.50. The molecule has 5 nitrogen and oxygen atoms in total. The predicted octanol–water partition coefficient (Wildman–Crippen LogP) is 1.36. The maximum atomic E-state index is 11.8. The number of nitriles is 2. The van der Waals surface area contributed by atoms with E-state index in [2.05, 4.69) is 12.2 Å². The molecule has 0 aromatic rings. The van der Waals surface area contributed by atoms with Crippen LogP contribution in [0.5, 0.6) is 0 Å². The molecule has 0 spiro atoms. The van der Waals surface area contributed by atoms with Crippen molar-refractivity contribution in [3.63, 3.8) is 0 Å². The molecule has 19 heavy (non-hydrogen) atoms. The lowest BCUT2D eigenvalue weighted by molar-refractivity contribution is -0.141. The van der Waals surface area contributed by atoms with Crippen molar-refractivity contribution in [1.29, 1.82) is 10.5 Å². The summed E-state index contributed by atoms with van der Waals surface area (Å²) >= 11 is 0. The Labute approximate surface area is 112 Å². The van der Waals surface area contributed by atoms with Crippen LogP contribution < -0.4 is 5.32 Å². The molecule has 1 heterocycles. The van der Waals surface area contributed by atoms with Gasteiger partial charge in [-0.05, 0) is 24.7 Å². The molecule has 1 saturated carbocycles. The van der Waals surface area contributed by atoms with Crippen molar-refractivity contribution in [1.82, 2.24) is 5.32 Å². The van der Waals surface area contributed by atoms with E-state index < -0.39 is 29.6 Å². The Kier molecular flexibility index (Phi) is 3.85. The molecule has 0 aromatic heterocycles. The van der Waals surface area contributed by atoms with Crippen molar-refractivity contribution < 1.29 is 9.59 Å². The molecule has 2 amide bonds. The monoisotopic (exact) mass is 259 g/mol. The minimum atomic E-state index is -0.874. The molecule has 0 radical (unpaired) electrons. The Morgan fingerprint density at radius 1 is 1.00 bits per heavy atom. The molecular weight excluding hydrogens is 242 g/mol. The highest BCUT2D eigenvalue weighted by Crippen LogP contribution is 2.41. The number of nitrogens with one attached hydrogen (secondary N) is 1. The average molecular weight is 259 g/mol. The maximum absolute atomic E-state index is 11.8. The summed E-state index contributed by atoms with van der Waals surface area (Å²) in [6, 6.07) is 3.96. The Morgan fingerprint density at radius 2 is 1.47 bits per heavy atom. The second kappa shape index (κ2) is 5.40. The third-order valence-electron chi connectivity index (χ3n) is 4.46. The van der Waals surface area contributed by atoms with Gasteiger partial charge in [-0.3, -0.25) is 14.9 Å². The maximum Gasteiger partial charge on any atom is 0.244 e. The zero-order valence-electron chi connectivity index (χ0n) is 10.9. The van der Waals surface area contributed by atoms with Crippen molar-refractivity contribution in [3.8, 4) is 12.1 Å². The molecule has 100 valence electrons. The fourth-order valence-corrected chi connectivity index (χ4v) is 3.32. The minimum absolute atomic E-state index is 0.125. The molecule has 2 aliphatic rings. The SMILES string of the molecule is CC1CCC(C2[C@H](C#N)C(=O)NC(=O)[C@@H]2C#N)CC1. The van der Waals surface area contributed by atoms with Gasteiger partial charge in [-0.2, -0.15) is 10.5 Å². The number of imide groups is 1. The number of hydrogen-bond acceptors (Lipinski definition) is 4. The van der Waals surface area contributed by atoms with Crippen molar-refractivity contribution in [2.75, 3.05) is 0 Å². The molecule has 5 heteroatoms. The molecule has 1 aliphatic carbocycles. The first-order valence-electron chi connectivity index (χ1n) is 6.72. The van der Waals surface area contributed by atoms with Crippen molar-refractivity contribution in [3.05, 3.63) is 0 Å². The van der Waals surface area contributed by atoms with Gasteiger partial charge in [0, 0.05) is 5.92 Å². The predicted molar refractivity (Wildman–Crippen MR) is 66.0 cm³/mol. The zero-order chi connectivity index (χ0) is 14.0. The van der Waals surface area contributed by atoms with Crippen LogP contribution in [-0.4, -0.2) is 11.8 Å². The van der Waals surface area contributed by atoms with Crippen LogP contribution in [0.15, 0.2) is 0 Å². The number of carbonyl (C=O) groups is 2. The van der Waals surface area contributed by atoms with E-state index in [9.17, 15) is 20.1 Å². The first-order chi connectivity index (χ1) is 9.08. The third-order valence-corrected chi connectivity index (χ3v) is 4.46. The van der Waals surface area contributed by atoms with Crippen LogP contribution in [0.1, 0.15) is 32.6 Å². The summed E-state index contributed by atoms with van der Waals surface area (Å²) in [4.78, 5) is 23.5. The highest BCUT2D eigenvalue weighted by Gasteiger charge is 2.48. The molecule has 1 unspecified atom stereocenters. The van der Waals surface area contributed by atoms with Gasteiger partial charge >= 0.3 is 0 Å². The van der Waals surface area contributed by atoms with E-state index in [4.69, 9.17) is 0 Å². The van der Waals surface area contributed by atoms with Crippen LogP contribution in [0, 0.1) is 52.3 Å². The number of nitrogens with zero attached hydrogens (tertiary/aromatic N) is 2. The number of carbonyl (C=O) groups excluding carboxylic acids is 2. The van der Waals surface area contributed by atoms with E-state index in [1.165, 1.54) is 0 Å². The van der Waals surface area contributed by atoms with Crippen molar-refractivity contribution >= 4 is 11.8 Å². The van der Waals surface area contributed by atoms with Crippen LogP contribution in [0.3, 0.4) is 0 Å². The number of amides is 2. The smallest absolute Gasteiger partial charge is 0.244 e. The van der Waals surface area contributed by atoms with E-state index >= 15 is 0 Å². The van der Waals surface area contributed by atoms with Gasteiger partial charge in [-0.25, -0.2) is 0 Å². The summed E-state index contributed by atoms with van der Waals surface area (Å²) in [5, 5.41) is 20.5. The van der Waals surface area contributed by atoms with Gasteiger partial charge in [0.25, 0.3) is 0 Å². The fourth-order valence-electron chi connectivity index (χ4n) is 3.32. The van der Waals surface area contributed by atoms with E-state index in [0.717, 1.165) is 25.7 Å². The molecule has 1 aliphatic heterocycles. The van der Waals surface area contributed by atoms with E-state index in [-0.39, 0.29) is 5.92 Å². The topological polar surface area (TPSA) is 93.8 Å². The fraction of sp³-hybridized carbons (Fsp3) is 0.714. The highest BCUT2D eigenvalue weighted by atomic mass is 16.2. The van der Waals surface area contributed by atoms with Gasteiger partial charge in [-0.15, -0.1) is 0 Å². The summed E-state index contributed by atoms with van der Waals surface area (Å²) in [6.45, 7) is 2.18. The van der Waals surface area contributed by atoms with Crippen molar-refractivity contribution in [2.45, 2.75) is 32.6 Å². The molecule has 1 saturated heterocycles. The molecule has 0 bridgehead atoms. The van der Waals surface area contributed by atoms with Crippen LogP contribution in [0.2, 0.25) is 0 Å². The normalized spacial score (nSPS) is 39.0. The van der Waals surface area contributed by atoms with Gasteiger partial charge < -0.3 is 0 Å². The third kappa shape index (κ3) is 2.46. The molecule has 2 fully saturated rings. The summed E-state index contributed by atoms with van der Waals surface area (Å²) < 4.78 is 0. The van der Waals surface area contributed by atoms with Gasteiger partial charge in [0.1, 0.15) is 11.8 Å². The summed E-state index contributed by atoms with van der Waals surface area (Å²) in [5.41, 5.74) is 0. The zero-order valence-corrected chi connectivity index (χ0v) is 10.9. The second-order valence-electron chi connectivity index (χ2n) is 5.66. The lowest BCUT2D eigenvalue weighted by Crippen LogP contribution is -2.53. The van der Waals surface area contributed by atoms with Crippen LogP contribution >= 0.6 is 0 Å². The summed E-state index contributed by atoms with van der Waals surface area (Å²) in [6.07, 6.45) is 3.85. The number of piperidine rings is 1. The largest absolute Gasteiger partial charge is 0.294 e. The first kappa shape index (κ1) is 13.5. The number of rotatable bonds is 1. The Morgan fingerprint density at radius 3 is 1.89 bits per heavy atom. The van der Waals surface area contributed by atoms with E-state index in [1.54, 1.807) is 0 Å². The summed E-state index contributed by atoms with van der Waals surface area (Å²) in [7, 11) is 0. The molecular formula is C14H17N3O2. The molecule has 2 rings (SSSR count). The van der Waals surface area contributed by atoms with Crippen LogP contribution in [0.25, 0.3) is 0 Å². The molecule has 0 aromatic carbocycles. The van der Waals surface area contributed by atoms with Crippen molar-refractivity contribution in [2.24, 2.45) is 29.6 Å². The second-order valence-corrected chi connectivity index (χ2v) is 5.66. The van der Waals surface area contributed by atoms with Gasteiger partial charge in [0.2, 0.25) is 11.8 Å². The molecule has 1 N–H and O–H groups in total. The van der Waals surface area contributed by atoms with E-state index in [0.29, 0.717) is 5.92 Å². The Bertz CT molecular complexity index is 434. The Balaban J connectivity index is 2.26. The number of hydrogen-bond donors (Lipinski definition) is 1. The average Bonchev–Trinajstić information content (AvgIpc) is 2.39. The Hall–Kier alpha value is -1.88. The van der Waals surface area contributed by atoms with Gasteiger partial charge in [-0.1, -0.05) is 19.8 Å².